The number of benzene rings is 3. The predicted octanol–water partition coefficient (Wildman–Crippen LogP) is 8.81. The fourth-order valence-corrected chi connectivity index (χ4v) is 14.3. The summed E-state index contributed by atoms with van der Waals surface area (Å²) < 4.78 is 20.3. The van der Waals surface area contributed by atoms with E-state index in [1.54, 1.807) is 13.2 Å². The lowest BCUT2D eigenvalue weighted by Crippen LogP contribution is -2.52. The van der Waals surface area contributed by atoms with E-state index in [-0.39, 0.29) is 58.9 Å². The van der Waals surface area contributed by atoms with Crippen LogP contribution < -0.4 is 25.3 Å². The number of ether oxygens (including phenoxy) is 3. The SMILES string of the molecule is CCC1CC2C=CC1CC(O)CCCNC(N)=NCC1C=CC3CC(O)CC34CCCC(Oc3cc(ccc3O)C3Oc5cc(OC)c6c(c5CC3O)C2Cc2cc(O)c(CC(C)C)cc2-6)C14. The molecule has 0 aromatic heterocycles. The van der Waals surface area contributed by atoms with Crippen LogP contribution >= 0.6 is 0 Å². The quantitative estimate of drug-likeness (QED) is 0.125. The van der Waals surface area contributed by atoms with Gasteiger partial charge in [0.05, 0.1) is 25.4 Å². The molecule has 8 bridgehead atoms. The van der Waals surface area contributed by atoms with Crippen LogP contribution in [0.2, 0.25) is 0 Å². The third kappa shape index (κ3) is 8.60. The normalized spacial score (nSPS) is 34.5. The van der Waals surface area contributed by atoms with Gasteiger partial charge in [0.2, 0.25) is 0 Å². The van der Waals surface area contributed by atoms with Gasteiger partial charge in [0, 0.05) is 48.5 Å². The van der Waals surface area contributed by atoms with Gasteiger partial charge in [0.15, 0.2) is 17.5 Å². The molecule has 5 aliphatic carbocycles. The van der Waals surface area contributed by atoms with Crippen molar-refractivity contribution < 1.29 is 39.7 Å². The Morgan fingerprint density at radius 1 is 0.881 bits per heavy atom. The van der Waals surface area contributed by atoms with Gasteiger partial charge in [-0.25, -0.2) is 0 Å². The van der Waals surface area contributed by atoms with Crippen molar-refractivity contribution >= 4 is 5.96 Å². The summed E-state index contributed by atoms with van der Waals surface area (Å²) >= 11 is 0. The molecule has 10 aliphatic rings. The minimum Gasteiger partial charge on any atom is -0.508 e. The van der Waals surface area contributed by atoms with Crippen LogP contribution in [0.1, 0.15) is 125 Å². The minimum absolute atomic E-state index is 0.0109. The van der Waals surface area contributed by atoms with Crippen molar-refractivity contribution in [3.63, 3.8) is 0 Å². The van der Waals surface area contributed by atoms with Crippen molar-refractivity contribution in [1.29, 1.82) is 0 Å². The van der Waals surface area contributed by atoms with Gasteiger partial charge in [0.1, 0.15) is 29.5 Å². The summed E-state index contributed by atoms with van der Waals surface area (Å²) in [6.45, 7) is 7.66. The predicted molar refractivity (Wildman–Crippen MR) is 261 cm³/mol. The van der Waals surface area contributed by atoms with Gasteiger partial charge >= 0.3 is 0 Å². The number of fused-ring (bicyclic) bond motifs is 2. The van der Waals surface area contributed by atoms with Crippen LogP contribution in [0.3, 0.4) is 0 Å². The van der Waals surface area contributed by atoms with E-state index in [9.17, 15) is 25.5 Å². The van der Waals surface area contributed by atoms with Crippen LogP contribution in [0.5, 0.6) is 28.7 Å². The van der Waals surface area contributed by atoms with Gasteiger partial charge in [-0.05, 0) is 164 Å². The zero-order valence-electron chi connectivity index (χ0n) is 39.9. The number of nitrogens with two attached hydrogens (primary N) is 1. The molecule has 3 aromatic carbocycles. The zero-order chi connectivity index (χ0) is 46.7. The largest absolute Gasteiger partial charge is 0.508 e. The Morgan fingerprint density at radius 2 is 1.70 bits per heavy atom. The molecule has 0 radical (unpaired) electrons. The second-order valence-corrected chi connectivity index (χ2v) is 21.8. The number of aliphatic imine (C=N–C) groups is 1. The van der Waals surface area contributed by atoms with Gasteiger partial charge in [-0.2, -0.15) is 0 Å². The highest BCUT2D eigenvalue weighted by molar-refractivity contribution is 5.84. The summed E-state index contributed by atoms with van der Waals surface area (Å²) in [5.41, 5.74) is 13.3. The number of phenolic OH excluding ortho intramolecular Hbond substituents is 2. The van der Waals surface area contributed by atoms with E-state index < -0.39 is 18.3 Å². The molecular weight excluding hydrogens is 843 g/mol. The number of allylic oxidation sites excluding steroid dienone is 3. The summed E-state index contributed by atoms with van der Waals surface area (Å²) in [5.74, 6) is 3.89. The molecule has 2 fully saturated rings. The molecule has 11 heteroatoms. The van der Waals surface area contributed by atoms with E-state index in [1.807, 2.05) is 24.3 Å². The van der Waals surface area contributed by atoms with Crippen LogP contribution in [-0.2, 0) is 19.3 Å². The topological polar surface area (TPSA) is 179 Å². The molecule has 13 atom stereocenters. The summed E-state index contributed by atoms with van der Waals surface area (Å²) in [5, 5.41) is 61.1. The van der Waals surface area contributed by atoms with E-state index in [0.717, 1.165) is 84.7 Å². The minimum atomic E-state index is -0.904. The fraction of sp³-hybridized carbons (Fsp3) is 0.589. The van der Waals surface area contributed by atoms with Gasteiger partial charge in [-0.15, -0.1) is 0 Å². The van der Waals surface area contributed by atoms with E-state index >= 15 is 0 Å². The first-order valence-electron chi connectivity index (χ1n) is 25.5. The molecule has 2 saturated carbocycles. The molecule has 67 heavy (non-hydrogen) atoms. The van der Waals surface area contributed by atoms with E-state index in [2.05, 4.69) is 56.5 Å². The first kappa shape index (κ1) is 46.0. The zero-order valence-corrected chi connectivity index (χ0v) is 39.9. The second-order valence-electron chi connectivity index (χ2n) is 21.8. The molecule has 11 nitrogen and oxygen atoms in total. The summed E-state index contributed by atoms with van der Waals surface area (Å²) in [6, 6.07) is 11.4. The highest BCUT2D eigenvalue weighted by Gasteiger charge is 2.58. The van der Waals surface area contributed by atoms with Gasteiger partial charge < -0.3 is 50.8 Å². The Bertz CT molecular complexity index is 2410. The van der Waals surface area contributed by atoms with E-state index in [4.69, 9.17) is 24.9 Å². The van der Waals surface area contributed by atoms with E-state index in [0.29, 0.717) is 91.6 Å². The van der Waals surface area contributed by atoms with Crippen LogP contribution in [-0.4, -0.2) is 76.1 Å². The number of hydrogen-bond donors (Lipinski definition) is 7. The summed E-state index contributed by atoms with van der Waals surface area (Å²) in [7, 11) is 1.71. The standard InChI is InChI=1S/C56H73N3O8/c1-5-31-19-33-11-10-32(31)20-39(60)8-7-17-58-55(57)59-29-35-12-14-38-25-40(61)28-56(38)16-6-9-47(53(35)56)66-49-24-34(13-15-44(49)62)54-46(64)26-43-48(67-54)27-50(65-4)52-42-22-37(18-30(2)3)45(63)23-36(42)21-41(33)51(43)52/h10-15,22-24,27,30-33,35,38-41,46-47,53-54,60-64H,5-9,16-21,25-26,28-29H2,1-4H3,(H3,57,58,59). The number of nitrogens with zero attached hydrogens (tertiary/aromatic N) is 1. The summed E-state index contributed by atoms with van der Waals surface area (Å²) in [4.78, 5) is 4.87. The lowest BCUT2D eigenvalue weighted by molar-refractivity contribution is -0.0584. The number of aromatic hydroxyl groups is 2. The molecule has 0 saturated heterocycles. The van der Waals surface area contributed by atoms with Crippen LogP contribution in [0.25, 0.3) is 11.1 Å². The van der Waals surface area contributed by atoms with Crippen molar-refractivity contribution in [3.05, 3.63) is 88.5 Å². The Hall–Kier alpha value is -4.71. The first-order chi connectivity index (χ1) is 32.3. The highest BCUT2D eigenvalue weighted by Crippen LogP contribution is 2.62. The van der Waals surface area contributed by atoms with Crippen LogP contribution in [0.4, 0.5) is 0 Å². The number of phenols is 2. The first-order valence-corrected chi connectivity index (χ1v) is 25.5. The van der Waals surface area contributed by atoms with Crippen molar-refractivity contribution in [2.75, 3.05) is 20.2 Å². The molecule has 5 aliphatic heterocycles. The molecule has 13 rings (SSSR count). The Kier molecular flexibility index (Phi) is 12.8. The Labute approximate surface area is 396 Å². The maximum atomic E-state index is 12.3. The number of methoxy groups -OCH3 is 1. The average molecular weight is 916 g/mol. The van der Waals surface area contributed by atoms with Crippen molar-refractivity contribution in [1.82, 2.24) is 5.32 Å². The third-order valence-electron chi connectivity index (χ3n) is 17.2. The highest BCUT2D eigenvalue weighted by atomic mass is 16.5. The maximum Gasteiger partial charge on any atom is 0.188 e. The number of aliphatic hydroxyl groups is 3. The molecule has 5 heterocycles. The molecule has 1 spiro atoms. The van der Waals surface area contributed by atoms with Crippen molar-refractivity contribution in [3.8, 4) is 39.9 Å². The number of hydrogen-bond acceptors (Lipinski definition) is 11. The molecule has 13 unspecified atom stereocenters. The Morgan fingerprint density at radius 3 is 2.51 bits per heavy atom. The van der Waals surface area contributed by atoms with Gasteiger partial charge in [0.25, 0.3) is 0 Å². The van der Waals surface area contributed by atoms with Crippen LogP contribution in [0.15, 0.2) is 65.7 Å². The smallest absolute Gasteiger partial charge is 0.188 e. The third-order valence-corrected chi connectivity index (χ3v) is 17.2. The lowest BCUT2D eigenvalue weighted by atomic mass is 9.53. The molecule has 360 valence electrons. The second kappa shape index (κ2) is 18.7. The molecule has 3 aromatic rings. The van der Waals surface area contributed by atoms with Crippen molar-refractivity contribution in [2.24, 2.45) is 57.6 Å². The number of aliphatic hydroxyl groups excluding tert-OH is 3. The maximum absolute atomic E-state index is 12.3. The lowest BCUT2D eigenvalue weighted by Gasteiger charge is -2.53. The molecule has 8 N–H and O–H groups in total. The van der Waals surface area contributed by atoms with Crippen LogP contribution in [0, 0.1) is 46.8 Å². The van der Waals surface area contributed by atoms with Gasteiger partial charge in [-0.1, -0.05) is 57.6 Å². The van der Waals surface area contributed by atoms with Crippen molar-refractivity contribution in [2.45, 2.75) is 141 Å². The monoisotopic (exact) mass is 916 g/mol. The number of nitrogens with one attached hydrogen (secondary N) is 1. The number of rotatable bonds is 4. The van der Waals surface area contributed by atoms with Gasteiger partial charge in [-0.3, -0.25) is 4.99 Å². The summed E-state index contributed by atoms with van der Waals surface area (Å²) in [6.07, 6.45) is 16.6. The number of guanidine groups is 1. The average Bonchev–Trinajstić information content (AvgIpc) is 3.64. The van der Waals surface area contributed by atoms with E-state index in [1.165, 1.54) is 0 Å². The Balaban J connectivity index is 1.07. The fourth-order valence-electron chi connectivity index (χ4n) is 14.3. The molecule has 0 amide bonds. The molecular formula is C56H73N3O8.